The van der Waals surface area contributed by atoms with Crippen molar-refractivity contribution in [2.45, 2.75) is 26.4 Å². The maximum absolute atomic E-state index is 4.30. The van der Waals surface area contributed by atoms with Gasteiger partial charge in [0, 0.05) is 12.7 Å². The molecule has 0 saturated heterocycles. The maximum atomic E-state index is 4.30. The molecule has 86 valence electrons. The fourth-order valence-electron chi connectivity index (χ4n) is 1.85. The largest absolute Gasteiger partial charge is 0.307 e. The van der Waals surface area contributed by atoms with Crippen LogP contribution in [0.2, 0.25) is 0 Å². The topological polar surface area (TPSA) is 42.7 Å². The number of rotatable bonds is 4. The molecule has 2 rings (SSSR count). The highest BCUT2D eigenvalue weighted by Crippen LogP contribution is 2.27. The van der Waals surface area contributed by atoms with E-state index in [1.165, 1.54) is 10.6 Å². The van der Waals surface area contributed by atoms with E-state index in [1.54, 1.807) is 11.3 Å². The average Bonchev–Trinajstić information content (AvgIpc) is 2.90. The van der Waals surface area contributed by atoms with Gasteiger partial charge in [0.05, 0.1) is 27.8 Å². The Morgan fingerprint density at radius 2 is 2.38 bits per heavy atom. The molecule has 0 fully saturated rings. The molecular weight excluding hydrogens is 220 g/mol. The van der Waals surface area contributed by atoms with Gasteiger partial charge in [0.15, 0.2) is 0 Å². The fourth-order valence-corrected chi connectivity index (χ4v) is 2.78. The van der Waals surface area contributed by atoms with Crippen molar-refractivity contribution in [3.63, 3.8) is 0 Å². The molecule has 0 aliphatic carbocycles. The average molecular weight is 236 g/mol. The molecule has 2 heterocycles. The van der Waals surface area contributed by atoms with Crippen LogP contribution in [-0.4, -0.2) is 21.8 Å². The van der Waals surface area contributed by atoms with Crippen molar-refractivity contribution in [3.8, 4) is 0 Å². The third-order valence-electron chi connectivity index (χ3n) is 2.68. The molecule has 1 atom stereocenters. The molecule has 1 unspecified atom stereocenters. The van der Waals surface area contributed by atoms with E-state index in [2.05, 4.69) is 28.4 Å². The fraction of sp³-hybridized carbons (Fsp3) is 0.455. The summed E-state index contributed by atoms with van der Waals surface area (Å²) < 4.78 is 2.01. The van der Waals surface area contributed by atoms with Crippen LogP contribution in [0.15, 0.2) is 17.8 Å². The molecular formula is C11H16N4S. The first-order chi connectivity index (χ1) is 7.77. The van der Waals surface area contributed by atoms with Gasteiger partial charge in [-0.05, 0) is 27.0 Å². The summed E-state index contributed by atoms with van der Waals surface area (Å²) in [4.78, 5) is 5.56. The maximum Gasteiger partial charge on any atom is 0.0858 e. The van der Waals surface area contributed by atoms with Crippen LogP contribution in [0.4, 0.5) is 0 Å². The molecule has 2 aromatic rings. The van der Waals surface area contributed by atoms with Gasteiger partial charge in [-0.2, -0.15) is 5.10 Å². The Kier molecular flexibility index (Phi) is 3.36. The Hall–Kier alpha value is -1.20. The molecule has 0 radical (unpaired) electrons. The van der Waals surface area contributed by atoms with Gasteiger partial charge in [0.1, 0.15) is 0 Å². The van der Waals surface area contributed by atoms with Crippen LogP contribution in [0.3, 0.4) is 0 Å². The van der Waals surface area contributed by atoms with Gasteiger partial charge in [-0.15, -0.1) is 11.3 Å². The van der Waals surface area contributed by atoms with Gasteiger partial charge >= 0.3 is 0 Å². The van der Waals surface area contributed by atoms with Crippen molar-refractivity contribution in [1.29, 1.82) is 0 Å². The minimum atomic E-state index is 0.190. The first kappa shape index (κ1) is 11.3. The number of aromatic nitrogens is 3. The second-order valence-corrected chi connectivity index (χ2v) is 4.48. The van der Waals surface area contributed by atoms with E-state index in [0.717, 1.165) is 12.2 Å². The molecule has 16 heavy (non-hydrogen) atoms. The summed E-state index contributed by atoms with van der Waals surface area (Å²) in [7, 11) is 1.97. The van der Waals surface area contributed by atoms with E-state index in [4.69, 9.17) is 0 Å². The molecule has 5 heteroatoms. The lowest BCUT2D eigenvalue weighted by atomic mass is 10.1. The Morgan fingerprint density at radius 1 is 1.56 bits per heavy atom. The second-order valence-electron chi connectivity index (χ2n) is 3.60. The highest BCUT2D eigenvalue weighted by molar-refractivity contribution is 7.09. The molecule has 0 bridgehead atoms. The SMILES string of the molecule is CCn1nccc1C(NC)c1scnc1C. The minimum absolute atomic E-state index is 0.190. The highest BCUT2D eigenvalue weighted by Gasteiger charge is 2.19. The summed E-state index contributed by atoms with van der Waals surface area (Å²) in [5, 5.41) is 7.64. The lowest BCUT2D eigenvalue weighted by molar-refractivity contribution is 0.566. The third kappa shape index (κ3) is 1.88. The van der Waals surface area contributed by atoms with E-state index in [-0.39, 0.29) is 6.04 Å². The lowest BCUT2D eigenvalue weighted by Gasteiger charge is -2.16. The van der Waals surface area contributed by atoms with E-state index < -0.39 is 0 Å². The Balaban J connectivity index is 2.40. The number of hydrogen-bond acceptors (Lipinski definition) is 4. The van der Waals surface area contributed by atoms with Crippen LogP contribution < -0.4 is 5.32 Å². The molecule has 2 aromatic heterocycles. The Bertz CT molecular complexity index is 460. The zero-order valence-corrected chi connectivity index (χ0v) is 10.6. The van der Waals surface area contributed by atoms with Crippen molar-refractivity contribution < 1.29 is 0 Å². The van der Waals surface area contributed by atoms with Gasteiger partial charge in [-0.3, -0.25) is 4.68 Å². The monoisotopic (exact) mass is 236 g/mol. The second kappa shape index (κ2) is 4.76. The summed E-state index contributed by atoms with van der Waals surface area (Å²) in [5.74, 6) is 0. The zero-order chi connectivity index (χ0) is 11.5. The van der Waals surface area contributed by atoms with Crippen molar-refractivity contribution in [1.82, 2.24) is 20.1 Å². The molecule has 0 aliphatic heterocycles. The van der Waals surface area contributed by atoms with Crippen molar-refractivity contribution >= 4 is 11.3 Å². The summed E-state index contributed by atoms with van der Waals surface area (Å²) in [5.41, 5.74) is 4.17. The van der Waals surface area contributed by atoms with Gasteiger partial charge in [0.25, 0.3) is 0 Å². The smallest absolute Gasteiger partial charge is 0.0858 e. The molecule has 0 saturated carbocycles. The van der Waals surface area contributed by atoms with Crippen LogP contribution in [0.5, 0.6) is 0 Å². The van der Waals surface area contributed by atoms with Crippen molar-refractivity contribution in [2.75, 3.05) is 7.05 Å². The Labute approximate surface area is 99.3 Å². The normalized spacial score (nSPS) is 12.9. The van der Waals surface area contributed by atoms with Crippen LogP contribution in [0.1, 0.15) is 29.2 Å². The van der Waals surface area contributed by atoms with E-state index in [9.17, 15) is 0 Å². The number of nitrogens with zero attached hydrogens (tertiary/aromatic N) is 3. The number of aryl methyl sites for hydroxylation is 2. The van der Waals surface area contributed by atoms with E-state index in [0.29, 0.717) is 0 Å². The highest BCUT2D eigenvalue weighted by atomic mass is 32.1. The quantitative estimate of drug-likeness (QED) is 0.882. The predicted molar refractivity (Wildman–Crippen MR) is 65.7 cm³/mol. The number of thiazole rings is 1. The molecule has 0 aliphatic rings. The molecule has 0 amide bonds. The molecule has 1 N–H and O–H groups in total. The van der Waals surface area contributed by atoms with Crippen LogP contribution >= 0.6 is 11.3 Å². The Morgan fingerprint density at radius 3 is 2.94 bits per heavy atom. The van der Waals surface area contributed by atoms with Gasteiger partial charge < -0.3 is 5.32 Å². The summed E-state index contributed by atoms with van der Waals surface area (Å²) >= 11 is 1.68. The van der Waals surface area contributed by atoms with E-state index >= 15 is 0 Å². The van der Waals surface area contributed by atoms with Crippen molar-refractivity contribution in [2.24, 2.45) is 0 Å². The molecule has 0 aromatic carbocycles. The number of hydrogen-bond donors (Lipinski definition) is 1. The van der Waals surface area contributed by atoms with Crippen LogP contribution in [-0.2, 0) is 6.54 Å². The standard InChI is InChI=1S/C11H16N4S/c1-4-15-9(5-6-14-15)10(12-3)11-8(2)13-7-16-11/h5-7,10,12H,4H2,1-3H3. The molecule has 4 nitrogen and oxygen atoms in total. The zero-order valence-electron chi connectivity index (χ0n) is 9.77. The van der Waals surface area contributed by atoms with E-state index in [1.807, 2.05) is 30.4 Å². The number of nitrogens with one attached hydrogen (secondary N) is 1. The summed E-state index contributed by atoms with van der Waals surface area (Å²) in [6.45, 7) is 5.03. The van der Waals surface area contributed by atoms with Crippen LogP contribution in [0, 0.1) is 6.92 Å². The summed E-state index contributed by atoms with van der Waals surface area (Å²) in [6, 6.07) is 2.25. The van der Waals surface area contributed by atoms with Crippen LogP contribution in [0.25, 0.3) is 0 Å². The predicted octanol–water partition coefficient (Wildman–Crippen LogP) is 1.98. The lowest BCUT2D eigenvalue weighted by Crippen LogP contribution is -2.21. The molecule has 0 spiro atoms. The minimum Gasteiger partial charge on any atom is -0.307 e. The first-order valence-corrected chi connectivity index (χ1v) is 6.24. The van der Waals surface area contributed by atoms with Crippen molar-refractivity contribution in [3.05, 3.63) is 34.0 Å². The third-order valence-corrected chi connectivity index (χ3v) is 3.67. The van der Waals surface area contributed by atoms with Gasteiger partial charge in [-0.1, -0.05) is 0 Å². The van der Waals surface area contributed by atoms with Gasteiger partial charge in [0.2, 0.25) is 0 Å². The summed E-state index contributed by atoms with van der Waals surface area (Å²) in [6.07, 6.45) is 1.85. The van der Waals surface area contributed by atoms with Gasteiger partial charge in [-0.25, -0.2) is 4.98 Å². The first-order valence-electron chi connectivity index (χ1n) is 5.36.